The molecule has 0 saturated carbocycles. The summed E-state index contributed by atoms with van der Waals surface area (Å²) in [6, 6.07) is 3.92. The molecule has 2 fully saturated rings. The van der Waals surface area contributed by atoms with Crippen LogP contribution in [-0.4, -0.2) is 67.2 Å². The van der Waals surface area contributed by atoms with Crippen LogP contribution in [-0.2, 0) is 26.1 Å². The number of hydrogen-bond donors (Lipinski definition) is 1. The SMILES string of the molecule is Cc1noc(C)c1S(=O)(=O)N1CCCC(C(=O)NCc2ccc(N3CC(C)OC(C)C3)nc2)C1. The van der Waals surface area contributed by atoms with Crippen molar-refractivity contribution in [2.24, 2.45) is 5.92 Å². The molecule has 186 valence electrons. The molecule has 2 aliphatic rings. The molecule has 0 aliphatic carbocycles. The molecule has 3 unspecified atom stereocenters. The molecule has 34 heavy (non-hydrogen) atoms. The van der Waals surface area contributed by atoms with Gasteiger partial charge in [-0.25, -0.2) is 13.4 Å². The van der Waals surface area contributed by atoms with E-state index in [2.05, 4.69) is 34.2 Å². The molecule has 2 aliphatic heterocycles. The summed E-state index contributed by atoms with van der Waals surface area (Å²) >= 11 is 0. The molecule has 2 aromatic heterocycles. The van der Waals surface area contributed by atoms with E-state index < -0.39 is 15.9 Å². The third-order valence-electron chi connectivity index (χ3n) is 6.34. The maximum atomic E-state index is 13.1. The summed E-state index contributed by atoms with van der Waals surface area (Å²) < 4.78 is 38.4. The van der Waals surface area contributed by atoms with Gasteiger partial charge in [0.1, 0.15) is 16.4 Å². The minimum absolute atomic E-state index is 0.101. The molecule has 0 aromatic carbocycles. The van der Waals surface area contributed by atoms with Gasteiger partial charge in [-0.3, -0.25) is 4.79 Å². The van der Waals surface area contributed by atoms with E-state index >= 15 is 0 Å². The van der Waals surface area contributed by atoms with Gasteiger partial charge in [-0.1, -0.05) is 11.2 Å². The summed E-state index contributed by atoms with van der Waals surface area (Å²) in [5.41, 5.74) is 1.23. The highest BCUT2D eigenvalue weighted by molar-refractivity contribution is 7.89. The lowest BCUT2D eigenvalue weighted by molar-refractivity contribution is -0.126. The van der Waals surface area contributed by atoms with Gasteiger partial charge in [-0.2, -0.15) is 4.31 Å². The van der Waals surface area contributed by atoms with Gasteiger partial charge in [0.05, 0.1) is 18.1 Å². The fourth-order valence-electron chi connectivity index (χ4n) is 4.75. The van der Waals surface area contributed by atoms with E-state index in [0.29, 0.717) is 31.6 Å². The molecular weight excluding hydrogens is 458 g/mol. The van der Waals surface area contributed by atoms with E-state index in [0.717, 1.165) is 24.5 Å². The van der Waals surface area contributed by atoms with Crippen LogP contribution < -0.4 is 10.2 Å². The molecule has 2 saturated heterocycles. The summed E-state index contributed by atoms with van der Waals surface area (Å²) in [7, 11) is -3.76. The van der Waals surface area contributed by atoms with Gasteiger partial charge in [0, 0.05) is 38.9 Å². The first-order valence-corrected chi connectivity index (χ1v) is 13.1. The standard InChI is InChI=1S/C23H33N5O5S/c1-15-12-27(13-16(2)32-15)21-8-7-19(10-24-21)11-25-23(29)20-6-5-9-28(14-20)34(30,31)22-17(3)26-33-18(22)4/h7-8,10,15-16,20H,5-6,9,11-14H2,1-4H3,(H,25,29). The highest BCUT2D eigenvalue weighted by atomic mass is 32.2. The van der Waals surface area contributed by atoms with Crippen molar-refractivity contribution in [1.82, 2.24) is 19.8 Å². The Balaban J connectivity index is 1.34. The Morgan fingerprint density at radius 1 is 1.18 bits per heavy atom. The molecule has 2 aromatic rings. The molecule has 3 atom stereocenters. The van der Waals surface area contributed by atoms with Crippen LogP contribution in [0.5, 0.6) is 0 Å². The maximum Gasteiger partial charge on any atom is 0.248 e. The summed E-state index contributed by atoms with van der Waals surface area (Å²) in [6.45, 7) is 9.75. The van der Waals surface area contributed by atoms with Gasteiger partial charge in [0.2, 0.25) is 15.9 Å². The fraction of sp³-hybridized carbons (Fsp3) is 0.609. The number of carbonyl (C=O) groups excluding carboxylic acids is 1. The summed E-state index contributed by atoms with van der Waals surface area (Å²) in [5, 5.41) is 6.71. The molecule has 0 spiro atoms. The van der Waals surface area contributed by atoms with Gasteiger partial charge in [0.25, 0.3) is 0 Å². The minimum Gasteiger partial charge on any atom is -0.372 e. The van der Waals surface area contributed by atoms with Crippen LogP contribution in [0.3, 0.4) is 0 Å². The van der Waals surface area contributed by atoms with Crippen LogP contribution in [0.2, 0.25) is 0 Å². The first-order chi connectivity index (χ1) is 16.1. The number of amides is 1. The molecule has 4 heterocycles. The zero-order valence-corrected chi connectivity index (χ0v) is 21.0. The molecule has 10 nitrogen and oxygen atoms in total. The highest BCUT2D eigenvalue weighted by Gasteiger charge is 2.36. The Hall–Kier alpha value is -2.50. The summed E-state index contributed by atoms with van der Waals surface area (Å²) in [5.74, 6) is 0.594. The predicted octanol–water partition coefficient (Wildman–Crippen LogP) is 2.02. The van der Waals surface area contributed by atoms with Crippen LogP contribution in [0.25, 0.3) is 0 Å². The lowest BCUT2D eigenvalue weighted by Crippen LogP contribution is -2.46. The van der Waals surface area contributed by atoms with E-state index in [4.69, 9.17) is 9.26 Å². The summed E-state index contributed by atoms with van der Waals surface area (Å²) in [4.78, 5) is 19.7. The lowest BCUT2D eigenvalue weighted by Gasteiger charge is -2.36. The van der Waals surface area contributed by atoms with Crippen molar-refractivity contribution >= 4 is 21.7 Å². The first-order valence-electron chi connectivity index (χ1n) is 11.7. The number of pyridine rings is 1. The van der Waals surface area contributed by atoms with Crippen molar-refractivity contribution < 1.29 is 22.5 Å². The van der Waals surface area contributed by atoms with Gasteiger partial charge in [0.15, 0.2) is 5.76 Å². The molecule has 11 heteroatoms. The molecule has 0 bridgehead atoms. The molecule has 4 rings (SSSR count). The number of carbonyl (C=O) groups is 1. The molecule has 1 N–H and O–H groups in total. The van der Waals surface area contributed by atoms with Crippen molar-refractivity contribution in [3.63, 3.8) is 0 Å². The van der Waals surface area contributed by atoms with Crippen molar-refractivity contribution in [1.29, 1.82) is 0 Å². The Bertz CT molecular complexity index is 1090. The van der Waals surface area contributed by atoms with Crippen LogP contribution in [0.4, 0.5) is 5.82 Å². The zero-order valence-electron chi connectivity index (χ0n) is 20.2. The average molecular weight is 492 g/mol. The Morgan fingerprint density at radius 3 is 2.53 bits per heavy atom. The second-order valence-electron chi connectivity index (χ2n) is 9.26. The van der Waals surface area contributed by atoms with Crippen molar-refractivity contribution in [3.05, 3.63) is 35.3 Å². The van der Waals surface area contributed by atoms with Crippen LogP contribution in [0.1, 0.15) is 43.7 Å². The smallest absolute Gasteiger partial charge is 0.248 e. The number of aromatic nitrogens is 2. The van der Waals surface area contributed by atoms with E-state index in [-0.39, 0.29) is 35.3 Å². The number of nitrogens with zero attached hydrogens (tertiary/aromatic N) is 4. The number of hydrogen-bond acceptors (Lipinski definition) is 8. The van der Waals surface area contributed by atoms with E-state index in [1.165, 1.54) is 4.31 Å². The molecule has 0 radical (unpaired) electrons. The second kappa shape index (κ2) is 10.0. The number of morpholine rings is 1. The highest BCUT2D eigenvalue weighted by Crippen LogP contribution is 2.28. The van der Waals surface area contributed by atoms with Gasteiger partial charge in [-0.15, -0.1) is 0 Å². The van der Waals surface area contributed by atoms with E-state index in [1.54, 1.807) is 20.0 Å². The number of aryl methyl sites for hydroxylation is 2. The number of nitrogens with one attached hydrogen (secondary N) is 1. The van der Waals surface area contributed by atoms with Crippen molar-refractivity contribution in [3.8, 4) is 0 Å². The van der Waals surface area contributed by atoms with Gasteiger partial charge >= 0.3 is 0 Å². The lowest BCUT2D eigenvalue weighted by atomic mass is 9.99. The number of rotatable bonds is 6. The van der Waals surface area contributed by atoms with Crippen LogP contribution >= 0.6 is 0 Å². The number of ether oxygens (including phenoxy) is 1. The maximum absolute atomic E-state index is 13.1. The monoisotopic (exact) mass is 491 g/mol. The molecule has 1 amide bonds. The largest absolute Gasteiger partial charge is 0.372 e. The zero-order chi connectivity index (χ0) is 24.5. The third kappa shape index (κ3) is 5.26. The minimum atomic E-state index is -3.76. The topological polar surface area (TPSA) is 118 Å². The number of anilines is 1. The first kappa shape index (κ1) is 24.6. The molecular formula is C23H33N5O5S. The second-order valence-corrected chi connectivity index (χ2v) is 11.1. The van der Waals surface area contributed by atoms with Crippen LogP contribution in [0.15, 0.2) is 27.7 Å². The Kier molecular flexibility index (Phi) is 7.25. The Morgan fingerprint density at radius 2 is 1.91 bits per heavy atom. The Labute approximate surface area is 200 Å². The van der Waals surface area contributed by atoms with E-state index in [9.17, 15) is 13.2 Å². The van der Waals surface area contributed by atoms with Crippen molar-refractivity contribution in [2.45, 2.75) is 64.2 Å². The van der Waals surface area contributed by atoms with Crippen molar-refractivity contribution in [2.75, 3.05) is 31.1 Å². The average Bonchev–Trinajstić information content (AvgIpc) is 3.15. The normalized spacial score (nSPS) is 24.2. The predicted molar refractivity (Wildman–Crippen MR) is 126 cm³/mol. The number of sulfonamides is 1. The van der Waals surface area contributed by atoms with Gasteiger partial charge < -0.3 is 19.5 Å². The van der Waals surface area contributed by atoms with Crippen LogP contribution in [0, 0.1) is 19.8 Å². The third-order valence-corrected chi connectivity index (χ3v) is 8.45. The summed E-state index contributed by atoms with van der Waals surface area (Å²) in [6.07, 6.45) is 3.34. The fourth-order valence-corrected chi connectivity index (χ4v) is 6.57. The number of piperidine rings is 1. The van der Waals surface area contributed by atoms with E-state index in [1.807, 2.05) is 12.1 Å². The quantitative estimate of drug-likeness (QED) is 0.652. The van der Waals surface area contributed by atoms with Gasteiger partial charge in [-0.05, 0) is 52.2 Å².